The number of hydrogen-bond acceptors (Lipinski definition) is 6. The lowest BCUT2D eigenvalue weighted by Gasteiger charge is -2.34. The van der Waals surface area contributed by atoms with Crippen molar-refractivity contribution in [2.45, 2.75) is 44.0 Å². The molecule has 3 rings (SSSR count). The highest BCUT2D eigenvalue weighted by Gasteiger charge is 2.29. The highest BCUT2D eigenvalue weighted by Crippen LogP contribution is 2.32. The summed E-state index contributed by atoms with van der Waals surface area (Å²) in [4.78, 5) is 24.9. The molecule has 0 radical (unpaired) electrons. The quantitative estimate of drug-likeness (QED) is 0.519. The number of amides is 1. The lowest BCUT2D eigenvalue weighted by Crippen LogP contribution is -2.45. The molecule has 1 saturated carbocycles. The Hall–Kier alpha value is -2.78. The number of nitrogens with one attached hydrogen (secondary N) is 1. The Kier molecular flexibility index (Phi) is 8.66. The molecule has 10 heteroatoms. The molecular formula is C25H31ClN2O6S. The van der Waals surface area contributed by atoms with Crippen LogP contribution >= 0.6 is 11.6 Å². The van der Waals surface area contributed by atoms with E-state index in [1.807, 2.05) is 0 Å². The highest BCUT2D eigenvalue weighted by atomic mass is 35.5. The summed E-state index contributed by atoms with van der Waals surface area (Å²) >= 11 is 6.16. The second-order valence-corrected chi connectivity index (χ2v) is 11.2. The van der Waals surface area contributed by atoms with E-state index < -0.39 is 28.5 Å². The SMILES string of the molecule is COc1ccccc1N(C)S(=O)(=O)c1ccc(Cl)c(C(=O)OCC(=O)NC2CCCC(C)C2C)c1. The molecule has 3 atom stereocenters. The van der Waals surface area contributed by atoms with Gasteiger partial charge in [0, 0.05) is 13.1 Å². The van der Waals surface area contributed by atoms with E-state index in [0.717, 1.165) is 29.6 Å². The number of hydrogen-bond donors (Lipinski definition) is 1. The zero-order valence-electron chi connectivity index (χ0n) is 20.3. The fourth-order valence-corrected chi connectivity index (χ4v) is 5.67. The summed E-state index contributed by atoms with van der Waals surface area (Å²) in [5.41, 5.74) is 0.186. The number of ether oxygens (including phenoxy) is 2. The van der Waals surface area contributed by atoms with Gasteiger partial charge in [-0.05, 0) is 48.6 Å². The van der Waals surface area contributed by atoms with Gasteiger partial charge >= 0.3 is 5.97 Å². The van der Waals surface area contributed by atoms with E-state index >= 15 is 0 Å². The molecule has 1 fully saturated rings. The Morgan fingerprint density at radius 1 is 1.14 bits per heavy atom. The standard InChI is InChI=1S/C25H31ClN2O6S/c1-16-8-7-9-21(17(16)2)27-24(29)15-34-25(30)19-14-18(12-13-20(19)26)35(31,32)28(3)22-10-5-6-11-23(22)33-4/h5-6,10-14,16-17,21H,7-9,15H2,1-4H3,(H,27,29). The molecule has 1 N–H and O–H groups in total. The molecule has 1 aliphatic rings. The molecule has 0 spiro atoms. The average molecular weight is 523 g/mol. The van der Waals surface area contributed by atoms with Crippen LogP contribution in [0.15, 0.2) is 47.4 Å². The first kappa shape index (κ1) is 26.8. The number of nitrogens with zero attached hydrogens (tertiary/aromatic N) is 1. The molecule has 1 amide bonds. The lowest BCUT2D eigenvalue weighted by molar-refractivity contribution is -0.125. The van der Waals surface area contributed by atoms with Gasteiger partial charge in [0.15, 0.2) is 6.61 Å². The van der Waals surface area contributed by atoms with E-state index in [2.05, 4.69) is 19.2 Å². The fraction of sp³-hybridized carbons (Fsp3) is 0.440. The van der Waals surface area contributed by atoms with E-state index in [9.17, 15) is 18.0 Å². The van der Waals surface area contributed by atoms with Crippen molar-refractivity contribution < 1.29 is 27.5 Å². The van der Waals surface area contributed by atoms with Crippen molar-refractivity contribution in [3.63, 3.8) is 0 Å². The van der Waals surface area contributed by atoms with Gasteiger partial charge in [0.05, 0.1) is 28.3 Å². The van der Waals surface area contributed by atoms with E-state index in [1.54, 1.807) is 24.3 Å². The minimum Gasteiger partial charge on any atom is -0.495 e. The second kappa shape index (κ2) is 11.3. The molecule has 0 saturated heterocycles. The maximum Gasteiger partial charge on any atom is 0.340 e. The molecule has 3 unspecified atom stereocenters. The number of halogens is 1. The Balaban J connectivity index is 1.72. The van der Waals surface area contributed by atoms with Crippen LogP contribution in [0, 0.1) is 11.8 Å². The molecule has 2 aromatic rings. The molecule has 35 heavy (non-hydrogen) atoms. The fourth-order valence-electron chi connectivity index (χ4n) is 4.24. The number of carbonyl (C=O) groups is 2. The van der Waals surface area contributed by atoms with Crippen molar-refractivity contribution >= 4 is 39.2 Å². The molecule has 0 aliphatic heterocycles. The number of esters is 1. The summed E-state index contributed by atoms with van der Waals surface area (Å²) in [6.45, 7) is 3.79. The third-order valence-corrected chi connectivity index (χ3v) is 8.73. The first-order valence-electron chi connectivity index (χ1n) is 11.4. The van der Waals surface area contributed by atoms with Crippen LogP contribution in [0.25, 0.3) is 0 Å². The Bertz CT molecular complexity index is 1190. The number of carbonyl (C=O) groups excluding carboxylic acids is 2. The number of benzene rings is 2. The van der Waals surface area contributed by atoms with Crippen molar-refractivity contribution in [2.24, 2.45) is 11.8 Å². The van der Waals surface area contributed by atoms with E-state index in [4.69, 9.17) is 21.1 Å². The predicted octanol–water partition coefficient (Wildman–Crippen LogP) is 4.27. The van der Waals surface area contributed by atoms with Gasteiger partial charge in [0.1, 0.15) is 5.75 Å². The zero-order valence-corrected chi connectivity index (χ0v) is 21.9. The van der Waals surface area contributed by atoms with Crippen molar-refractivity contribution in [3.8, 4) is 5.75 Å². The first-order chi connectivity index (χ1) is 16.6. The Labute approximate surface area is 211 Å². The normalized spacial score (nSPS) is 20.1. The summed E-state index contributed by atoms with van der Waals surface area (Å²) in [6.07, 6.45) is 3.06. The maximum atomic E-state index is 13.2. The molecule has 0 aromatic heterocycles. The van der Waals surface area contributed by atoms with Gasteiger partial charge in [-0.2, -0.15) is 0 Å². The number of rotatable bonds is 8. The average Bonchev–Trinajstić information content (AvgIpc) is 2.85. The third-order valence-electron chi connectivity index (χ3n) is 6.63. The zero-order chi connectivity index (χ0) is 25.8. The number of para-hydroxylation sites is 2. The van der Waals surface area contributed by atoms with Gasteiger partial charge in [-0.15, -0.1) is 0 Å². The minimum absolute atomic E-state index is 0.0176. The summed E-state index contributed by atoms with van der Waals surface area (Å²) in [5, 5.41) is 2.95. The van der Waals surface area contributed by atoms with Crippen LogP contribution in [0.2, 0.25) is 5.02 Å². The summed E-state index contributed by atoms with van der Waals surface area (Å²) in [5.74, 6) is -0.0683. The van der Waals surface area contributed by atoms with Gasteiger partial charge < -0.3 is 14.8 Å². The van der Waals surface area contributed by atoms with Crippen LogP contribution < -0.4 is 14.4 Å². The van der Waals surface area contributed by atoms with Gasteiger partial charge in [0.2, 0.25) is 0 Å². The van der Waals surface area contributed by atoms with Gasteiger partial charge in [-0.25, -0.2) is 13.2 Å². The van der Waals surface area contributed by atoms with Crippen molar-refractivity contribution in [1.29, 1.82) is 0 Å². The summed E-state index contributed by atoms with van der Waals surface area (Å²) in [6, 6.07) is 10.5. The lowest BCUT2D eigenvalue weighted by atomic mass is 9.78. The number of sulfonamides is 1. The maximum absolute atomic E-state index is 13.2. The molecule has 2 aromatic carbocycles. The smallest absolute Gasteiger partial charge is 0.340 e. The van der Waals surface area contributed by atoms with Crippen LogP contribution in [0.4, 0.5) is 5.69 Å². The largest absolute Gasteiger partial charge is 0.495 e. The molecule has 0 bridgehead atoms. The second-order valence-electron chi connectivity index (χ2n) is 8.80. The van der Waals surface area contributed by atoms with Crippen LogP contribution in [0.1, 0.15) is 43.5 Å². The Morgan fingerprint density at radius 3 is 2.57 bits per heavy atom. The van der Waals surface area contributed by atoms with Crippen molar-refractivity contribution in [3.05, 3.63) is 53.1 Å². The third kappa shape index (κ3) is 6.08. The predicted molar refractivity (Wildman–Crippen MR) is 134 cm³/mol. The van der Waals surface area contributed by atoms with Crippen molar-refractivity contribution in [2.75, 3.05) is 25.1 Å². The molecule has 190 valence electrons. The van der Waals surface area contributed by atoms with Gasteiger partial charge in [-0.3, -0.25) is 9.10 Å². The van der Waals surface area contributed by atoms with Gasteiger partial charge in [-0.1, -0.05) is 50.4 Å². The first-order valence-corrected chi connectivity index (χ1v) is 13.3. The number of methoxy groups -OCH3 is 1. The number of anilines is 1. The van der Waals surface area contributed by atoms with E-state index in [1.165, 1.54) is 26.3 Å². The van der Waals surface area contributed by atoms with Crippen molar-refractivity contribution in [1.82, 2.24) is 5.32 Å². The summed E-state index contributed by atoms with van der Waals surface area (Å²) < 4.78 is 38.0. The minimum atomic E-state index is -4.05. The molecule has 0 heterocycles. The van der Waals surface area contributed by atoms with E-state index in [0.29, 0.717) is 23.3 Å². The molecule has 1 aliphatic carbocycles. The summed E-state index contributed by atoms with van der Waals surface area (Å²) in [7, 11) is -1.22. The van der Waals surface area contributed by atoms with E-state index in [-0.39, 0.29) is 21.5 Å². The monoisotopic (exact) mass is 522 g/mol. The molecular weight excluding hydrogens is 492 g/mol. The van der Waals surface area contributed by atoms with Crippen LogP contribution in [-0.4, -0.2) is 47.1 Å². The van der Waals surface area contributed by atoms with Crippen LogP contribution in [0.3, 0.4) is 0 Å². The van der Waals surface area contributed by atoms with Gasteiger partial charge in [0.25, 0.3) is 15.9 Å². The van der Waals surface area contributed by atoms with Crippen LogP contribution in [0.5, 0.6) is 5.75 Å². The Morgan fingerprint density at radius 2 is 1.86 bits per heavy atom. The molecule has 8 nitrogen and oxygen atoms in total. The topological polar surface area (TPSA) is 102 Å². The van der Waals surface area contributed by atoms with Crippen LogP contribution in [-0.2, 0) is 19.6 Å². The highest BCUT2D eigenvalue weighted by molar-refractivity contribution is 7.92.